The summed E-state index contributed by atoms with van der Waals surface area (Å²) in [4.78, 5) is 16.1. The zero-order chi connectivity index (χ0) is 16.8. The molecule has 134 valence electrons. The van der Waals surface area contributed by atoms with Crippen molar-refractivity contribution in [2.75, 3.05) is 19.7 Å². The molecule has 1 saturated heterocycles. The minimum absolute atomic E-state index is 0.170. The Hall–Kier alpha value is -0.910. The Kier molecular flexibility index (Phi) is 6.69. The monoisotopic (exact) mass is 350 g/mol. The number of carbonyl (C=O) groups is 1. The van der Waals surface area contributed by atoms with Crippen LogP contribution in [0.1, 0.15) is 50.3 Å². The number of thiophene rings is 1. The highest BCUT2D eigenvalue weighted by Gasteiger charge is 2.25. The standard InChI is InChI=1S/C19H30N2O2S/c1-15-6-2-3-9-18(15)20-19(22)14-21(12-16-7-4-10-23-16)13-17-8-5-11-24-17/h5,8,11,15-16,18H,2-4,6-7,9-10,12-14H2,1H3,(H,20,22)/t15-,16-,18-/m0/s1. The van der Waals surface area contributed by atoms with E-state index in [1.54, 1.807) is 11.3 Å². The first-order valence-corrected chi connectivity index (χ1v) is 10.2. The van der Waals surface area contributed by atoms with Crippen molar-refractivity contribution in [2.45, 2.75) is 64.1 Å². The molecule has 0 bridgehead atoms. The van der Waals surface area contributed by atoms with E-state index in [0.717, 1.165) is 39.0 Å². The molecule has 3 rings (SSSR count). The van der Waals surface area contributed by atoms with Gasteiger partial charge in [0.15, 0.2) is 0 Å². The summed E-state index contributed by atoms with van der Waals surface area (Å²) < 4.78 is 5.78. The van der Waals surface area contributed by atoms with E-state index in [2.05, 4.69) is 34.7 Å². The maximum absolute atomic E-state index is 12.6. The highest BCUT2D eigenvalue weighted by molar-refractivity contribution is 7.09. The number of nitrogens with one attached hydrogen (secondary N) is 1. The fourth-order valence-electron chi connectivity index (χ4n) is 3.87. The summed E-state index contributed by atoms with van der Waals surface area (Å²) in [6, 6.07) is 4.58. The Balaban J connectivity index is 1.54. The first-order chi connectivity index (χ1) is 11.7. The maximum Gasteiger partial charge on any atom is 0.234 e. The number of hydrogen-bond acceptors (Lipinski definition) is 4. The molecule has 1 saturated carbocycles. The van der Waals surface area contributed by atoms with Gasteiger partial charge in [0.1, 0.15) is 0 Å². The van der Waals surface area contributed by atoms with E-state index in [1.165, 1.54) is 24.1 Å². The minimum Gasteiger partial charge on any atom is -0.377 e. The second-order valence-electron chi connectivity index (χ2n) is 7.32. The normalized spacial score (nSPS) is 27.5. The SMILES string of the molecule is C[C@H]1CCCC[C@@H]1NC(=O)CN(Cc1cccs1)C[C@@H]1CCCO1. The van der Waals surface area contributed by atoms with E-state index in [1.807, 2.05) is 0 Å². The van der Waals surface area contributed by atoms with Crippen molar-refractivity contribution in [3.8, 4) is 0 Å². The van der Waals surface area contributed by atoms with E-state index in [-0.39, 0.29) is 12.0 Å². The van der Waals surface area contributed by atoms with E-state index >= 15 is 0 Å². The van der Waals surface area contributed by atoms with Gasteiger partial charge in [0.25, 0.3) is 0 Å². The van der Waals surface area contributed by atoms with Crippen LogP contribution in [-0.4, -0.2) is 42.6 Å². The Morgan fingerprint density at radius 1 is 1.33 bits per heavy atom. The molecule has 5 heteroatoms. The first-order valence-electron chi connectivity index (χ1n) is 9.36. The van der Waals surface area contributed by atoms with E-state index in [0.29, 0.717) is 18.5 Å². The number of ether oxygens (including phenoxy) is 1. The number of nitrogens with zero attached hydrogens (tertiary/aromatic N) is 1. The van der Waals surface area contributed by atoms with Gasteiger partial charge in [0.05, 0.1) is 12.6 Å². The Morgan fingerprint density at radius 2 is 2.21 bits per heavy atom. The zero-order valence-corrected chi connectivity index (χ0v) is 15.5. The van der Waals surface area contributed by atoms with Crippen molar-refractivity contribution in [3.05, 3.63) is 22.4 Å². The van der Waals surface area contributed by atoms with Gasteiger partial charge in [-0.05, 0) is 43.0 Å². The third-order valence-corrected chi connectivity index (χ3v) is 6.13. The van der Waals surface area contributed by atoms with Crippen LogP contribution in [0.15, 0.2) is 17.5 Å². The third kappa shape index (κ3) is 5.30. The predicted molar refractivity (Wildman–Crippen MR) is 98.1 cm³/mol. The van der Waals surface area contributed by atoms with Crippen LogP contribution in [0.5, 0.6) is 0 Å². The van der Waals surface area contributed by atoms with Gasteiger partial charge in [0.2, 0.25) is 5.91 Å². The number of rotatable bonds is 7. The lowest BCUT2D eigenvalue weighted by Gasteiger charge is -2.31. The molecule has 1 aromatic rings. The van der Waals surface area contributed by atoms with Crippen molar-refractivity contribution in [2.24, 2.45) is 5.92 Å². The highest BCUT2D eigenvalue weighted by atomic mass is 32.1. The average molecular weight is 351 g/mol. The fourth-order valence-corrected chi connectivity index (χ4v) is 4.62. The molecule has 1 N–H and O–H groups in total. The Morgan fingerprint density at radius 3 is 2.92 bits per heavy atom. The van der Waals surface area contributed by atoms with Crippen LogP contribution in [0.25, 0.3) is 0 Å². The summed E-state index contributed by atoms with van der Waals surface area (Å²) in [6.07, 6.45) is 7.45. The summed E-state index contributed by atoms with van der Waals surface area (Å²) >= 11 is 1.76. The summed E-state index contributed by atoms with van der Waals surface area (Å²) in [7, 11) is 0. The van der Waals surface area contributed by atoms with E-state index in [9.17, 15) is 4.79 Å². The Labute approximate surface area is 149 Å². The van der Waals surface area contributed by atoms with Gasteiger partial charge in [-0.25, -0.2) is 0 Å². The van der Waals surface area contributed by atoms with Gasteiger partial charge < -0.3 is 10.1 Å². The van der Waals surface area contributed by atoms with Gasteiger partial charge >= 0.3 is 0 Å². The molecule has 1 aliphatic heterocycles. The summed E-state index contributed by atoms with van der Waals surface area (Å²) in [6.45, 7) is 5.29. The van der Waals surface area contributed by atoms with Crippen molar-refractivity contribution in [1.29, 1.82) is 0 Å². The van der Waals surface area contributed by atoms with Crippen LogP contribution < -0.4 is 5.32 Å². The second kappa shape index (κ2) is 8.97. The van der Waals surface area contributed by atoms with Crippen molar-refractivity contribution in [3.63, 3.8) is 0 Å². The first kappa shape index (κ1) is 17.9. The molecule has 4 nitrogen and oxygen atoms in total. The average Bonchev–Trinajstić information content (AvgIpc) is 3.23. The lowest BCUT2D eigenvalue weighted by atomic mass is 9.86. The quantitative estimate of drug-likeness (QED) is 0.819. The molecule has 2 heterocycles. The number of hydrogen-bond donors (Lipinski definition) is 1. The molecule has 0 unspecified atom stereocenters. The molecule has 3 atom stereocenters. The minimum atomic E-state index is 0.170. The maximum atomic E-state index is 12.6. The topological polar surface area (TPSA) is 41.6 Å². The lowest BCUT2D eigenvalue weighted by molar-refractivity contribution is -0.124. The number of carbonyl (C=O) groups excluding carboxylic acids is 1. The fraction of sp³-hybridized carbons (Fsp3) is 0.737. The molecule has 0 radical (unpaired) electrons. The van der Waals surface area contributed by atoms with Crippen molar-refractivity contribution in [1.82, 2.24) is 10.2 Å². The predicted octanol–water partition coefficient (Wildman–Crippen LogP) is 3.42. The molecule has 1 aromatic heterocycles. The van der Waals surface area contributed by atoms with Crippen LogP contribution in [0.2, 0.25) is 0 Å². The van der Waals surface area contributed by atoms with Crippen LogP contribution in [0, 0.1) is 5.92 Å². The molecular weight excluding hydrogens is 320 g/mol. The molecule has 2 aliphatic rings. The van der Waals surface area contributed by atoms with Gasteiger partial charge in [-0.1, -0.05) is 25.8 Å². The smallest absolute Gasteiger partial charge is 0.234 e. The van der Waals surface area contributed by atoms with Crippen LogP contribution in [-0.2, 0) is 16.1 Å². The molecule has 1 amide bonds. The van der Waals surface area contributed by atoms with Crippen molar-refractivity contribution >= 4 is 17.2 Å². The van der Waals surface area contributed by atoms with E-state index < -0.39 is 0 Å². The molecule has 24 heavy (non-hydrogen) atoms. The van der Waals surface area contributed by atoms with Gasteiger partial charge in [0, 0.05) is 30.6 Å². The molecule has 2 fully saturated rings. The van der Waals surface area contributed by atoms with Crippen molar-refractivity contribution < 1.29 is 9.53 Å². The third-order valence-electron chi connectivity index (χ3n) is 5.27. The summed E-state index contributed by atoms with van der Waals surface area (Å²) in [5.41, 5.74) is 0. The zero-order valence-electron chi connectivity index (χ0n) is 14.7. The highest BCUT2D eigenvalue weighted by Crippen LogP contribution is 2.24. The molecule has 1 aliphatic carbocycles. The summed E-state index contributed by atoms with van der Waals surface area (Å²) in [5.74, 6) is 0.773. The molecule has 0 spiro atoms. The van der Waals surface area contributed by atoms with Crippen LogP contribution >= 0.6 is 11.3 Å². The van der Waals surface area contributed by atoms with E-state index in [4.69, 9.17) is 4.74 Å². The lowest BCUT2D eigenvalue weighted by Crippen LogP contribution is -2.46. The molecular formula is C19H30N2O2S. The largest absolute Gasteiger partial charge is 0.377 e. The molecule has 0 aromatic carbocycles. The van der Waals surface area contributed by atoms with Gasteiger partial charge in [-0.3, -0.25) is 9.69 Å². The van der Waals surface area contributed by atoms with Gasteiger partial charge in [-0.2, -0.15) is 0 Å². The van der Waals surface area contributed by atoms with Crippen LogP contribution in [0.3, 0.4) is 0 Å². The van der Waals surface area contributed by atoms with Gasteiger partial charge in [-0.15, -0.1) is 11.3 Å². The number of amides is 1. The van der Waals surface area contributed by atoms with Crippen LogP contribution in [0.4, 0.5) is 0 Å². The summed E-state index contributed by atoms with van der Waals surface area (Å²) in [5, 5.41) is 5.39. The second-order valence-corrected chi connectivity index (χ2v) is 8.35. The Bertz CT molecular complexity index is 499.